The summed E-state index contributed by atoms with van der Waals surface area (Å²) in [6, 6.07) is 29.0. The molecule has 0 aromatic heterocycles. The molecule has 4 aromatic carbocycles. The van der Waals surface area contributed by atoms with Crippen molar-refractivity contribution < 1.29 is 24.3 Å². The molecular weight excluding hydrogens is 428 g/mol. The van der Waals surface area contributed by atoms with Crippen LogP contribution in [0.2, 0.25) is 0 Å². The third kappa shape index (κ3) is 3.96. The number of carbonyl (C=O) groups is 1. The zero-order valence-electron chi connectivity index (χ0n) is 18.5. The van der Waals surface area contributed by atoms with E-state index in [0.717, 1.165) is 24.0 Å². The zero-order chi connectivity index (χ0) is 22.9. The molecule has 6 rings (SSSR count). The van der Waals surface area contributed by atoms with Crippen LogP contribution in [0.3, 0.4) is 0 Å². The molecule has 168 valence electrons. The fourth-order valence-corrected chi connectivity index (χ4v) is 4.88. The standard InChI is InChI=1S/C29H22O5/c30-29(33-31-17-19-9-11-27-23(13-19)15-21-5-1-3-7-25(21)27)34-32-18-20-10-12-28-24(14-20)16-22-6-2-4-8-26(22)28/h1-14H,15-18H2. The zero-order valence-corrected chi connectivity index (χ0v) is 18.5. The first kappa shape index (κ1) is 20.7. The fourth-order valence-electron chi connectivity index (χ4n) is 4.88. The van der Waals surface area contributed by atoms with E-state index in [4.69, 9.17) is 19.6 Å². The average molecular weight is 450 g/mol. The number of hydrogen-bond acceptors (Lipinski definition) is 5. The summed E-state index contributed by atoms with van der Waals surface area (Å²) < 4.78 is 0. The van der Waals surface area contributed by atoms with Gasteiger partial charge >= 0.3 is 6.16 Å². The predicted molar refractivity (Wildman–Crippen MR) is 127 cm³/mol. The minimum atomic E-state index is -1.04. The Hall–Kier alpha value is -3.93. The van der Waals surface area contributed by atoms with Crippen molar-refractivity contribution in [3.8, 4) is 22.3 Å². The van der Waals surface area contributed by atoms with Crippen LogP contribution < -0.4 is 0 Å². The molecule has 0 unspecified atom stereocenters. The third-order valence-corrected chi connectivity index (χ3v) is 6.42. The second-order valence-electron chi connectivity index (χ2n) is 8.59. The molecule has 4 aromatic rings. The molecule has 2 aliphatic rings. The summed E-state index contributed by atoms with van der Waals surface area (Å²) in [5.74, 6) is 0. The second kappa shape index (κ2) is 8.78. The van der Waals surface area contributed by atoms with Crippen LogP contribution in [0.4, 0.5) is 4.79 Å². The van der Waals surface area contributed by atoms with Crippen molar-refractivity contribution in [3.05, 3.63) is 118 Å². The van der Waals surface area contributed by atoms with Crippen LogP contribution in [-0.2, 0) is 45.6 Å². The Morgan fingerprint density at radius 2 is 1.00 bits per heavy atom. The van der Waals surface area contributed by atoms with E-state index < -0.39 is 6.16 Å². The molecule has 2 aliphatic carbocycles. The summed E-state index contributed by atoms with van der Waals surface area (Å²) >= 11 is 0. The first-order valence-corrected chi connectivity index (χ1v) is 11.3. The van der Waals surface area contributed by atoms with E-state index in [2.05, 4.69) is 72.8 Å². The number of hydrogen-bond donors (Lipinski definition) is 0. The van der Waals surface area contributed by atoms with Crippen molar-refractivity contribution >= 4 is 6.16 Å². The van der Waals surface area contributed by atoms with Gasteiger partial charge in [0, 0.05) is 0 Å². The summed E-state index contributed by atoms with van der Waals surface area (Å²) in [6.07, 6.45) is 0.748. The van der Waals surface area contributed by atoms with Gasteiger partial charge in [0.15, 0.2) is 0 Å². The molecule has 0 saturated heterocycles. The molecule has 0 saturated carbocycles. The highest BCUT2D eigenvalue weighted by atomic mass is 17.3. The van der Waals surface area contributed by atoms with Gasteiger partial charge in [-0.1, -0.05) is 84.9 Å². The third-order valence-electron chi connectivity index (χ3n) is 6.42. The lowest BCUT2D eigenvalue weighted by atomic mass is 10.0. The van der Waals surface area contributed by atoms with Gasteiger partial charge in [-0.15, -0.1) is 0 Å². The van der Waals surface area contributed by atoms with Gasteiger partial charge in [-0.3, -0.25) is 9.78 Å². The van der Waals surface area contributed by atoms with Crippen LogP contribution in [-0.4, -0.2) is 6.16 Å². The largest absolute Gasteiger partial charge is 0.573 e. The van der Waals surface area contributed by atoms with Crippen molar-refractivity contribution in [1.29, 1.82) is 0 Å². The first-order valence-electron chi connectivity index (χ1n) is 11.3. The Morgan fingerprint density at radius 3 is 1.50 bits per heavy atom. The maximum absolute atomic E-state index is 11.8. The summed E-state index contributed by atoms with van der Waals surface area (Å²) in [7, 11) is 0. The fraction of sp³-hybridized carbons (Fsp3) is 0.138. The Bertz CT molecular complexity index is 1290. The highest BCUT2D eigenvalue weighted by molar-refractivity contribution is 5.77. The topological polar surface area (TPSA) is 54.0 Å². The van der Waals surface area contributed by atoms with Crippen LogP contribution in [0.1, 0.15) is 33.4 Å². The van der Waals surface area contributed by atoms with Crippen molar-refractivity contribution in [3.63, 3.8) is 0 Å². The van der Waals surface area contributed by atoms with E-state index in [1.807, 2.05) is 12.1 Å². The molecule has 34 heavy (non-hydrogen) atoms. The first-order chi connectivity index (χ1) is 16.7. The maximum Gasteiger partial charge on any atom is 0.573 e. The lowest BCUT2D eigenvalue weighted by molar-refractivity contribution is -0.328. The van der Waals surface area contributed by atoms with E-state index in [0.29, 0.717) is 0 Å². The molecule has 0 amide bonds. The second-order valence-corrected chi connectivity index (χ2v) is 8.59. The Morgan fingerprint density at radius 1 is 0.559 bits per heavy atom. The van der Waals surface area contributed by atoms with E-state index in [9.17, 15) is 4.79 Å². The molecule has 0 N–H and O–H groups in total. The molecule has 0 spiro atoms. The minimum Gasteiger partial charge on any atom is -0.257 e. The van der Waals surface area contributed by atoms with Gasteiger partial charge in [-0.25, -0.2) is 0 Å². The van der Waals surface area contributed by atoms with Gasteiger partial charge in [0.1, 0.15) is 13.2 Å². The van der Waals surface area contributed by atoms with E-state index in [1.165, 1.54) is 44.5 Å². The average Bonchev–Trinajstić information content (AvgIpc) is 3.41. The van der Waals surface area contributed by atoms with Gasteiger partial charge in [-0.2, -0.15) is 14.6 Å². The minimum absolute atomic E-state index is 0.129. The molecule has 0 bridgehead atoms. The van der Waals surface area contributed by atoms with E-state index in [1.54, 1.807) is 0 Å². The lowest BCUT2D eigenvalue weighted by Gasteiger charge is -2.07. The van der Waals surface area contributed by atoms with E-state index in [-0.39, 0.29) is 13.2 Å². The van der Waals surface area contributed by atoms with Crippen LogP contribution in [0.25, 0.3) is 22.3 Å². The van der Waals surface area contributed by atoms with Crippen LogP contribution in [0, 0.1) is 0 Å². The summed E-state index contributed by atoms with van der Waals surface area (Å²) in [4.78, 5) is 31.3. The monoisotopic (exact) mass is 450 g/mol. The smallest absolute Gasteiger partial charge is 0.257 e. The highest BCUT2D eigenvalue weighted by Crippen LogP contribution is 2.37. The quantitative estimate of drug-likeness (QED) is 0.213. The molecular formula is C29H22O5. The number of fused-ring (bicyclic) bond motifs is 6. The number of carbonyl (C=O) groups excluding carboxylic acids is 1. The van der Waals surface area contributed by atoms with Crippen molar-refractivity contribution in [1.82, 2.24) is 0 Å². The van der Waals surface area contributed by atoms with Gasteiger partial charge < -0.3 is 0 Å². The summed E-state index contributed by atoms with van der Waals surface area (Å²) in [6.45, 7) is 0.258. The number of rotatable bonds is 6. The lowest BCUT2D eigenvalue weighted by Crippen LogP contribution is -2.09. The molecule has 0 atom stereocenters. The van der Waals surface area contributed by atoms with Crippen LogP contribution >= 0.6 is 0 Å². The van der Waals surface area contributed by atoms with Crippen LogP contribution in [0.5, 0.6) is 0 Å². The van der Waals surface area contributed by atoms with Crippen molar-refractivity contribution in [2.45, 2.75) is 26.1 Å². The summed E-state index contributed by atoms with van der Waals surface area (Å²) in [5, 5.41) is 0. The van der Waals surface area contributed by atoms with Crippen molar-refractivity contribution in [2.24, 2.45) is 0 Å². The Balaban J connectivity index is 0.966. The maximum atomic E-state index is 11.8. The van der Waals surface area contributed by atoms with Gasteiger partial charge in [0.25, 0.3) is 0 Å². The Labute approximate surface area is 197 Å². The van der Waals surface area contributed by atoms with Crippen molar-refractivity contribution in [2.75, 3.05) is 0 Å². The predicted octanol–water partition coefficient (Wildman–Crippen LogP) is 6.55. The van der Waals surface area contributed by atoms with Crippen LogP contribution in [0.15, 0.2) is 84.9 Å². The molecule has 0 heterocycles. The molecule has 5 nitrogen and oxygen atoms in total. The Kier molecular flexibility index (Phi) is 5.34. The summed E-state index contributed by atoms with van der Waals surface area (Å²) in [5.41, 5.74) is 12.0. The number of benzene rings is 4. The SMILES string of the molecule is O=C(OOCc1ccc2c(c1)Cc1ccccc1-2)OOCc1ccc2c(c1)Cc1ccccc1-2. The molecule has 0 fully saturated rings. The highest BCUT2D eigenvalue weighted by Gasteiger charge is 2.19. The normalized spacial score (nSPS) is 12.5. The van der Waals surface area contributed by atoms with E-state index >= 15 is 0 Å². The molecule has 0 radical (unpaired) electrons. The van der Waals surface area contributed by atoms with Gasteiger partial charge in [0.05, 0.1) is 0 Å². The van der Waals surface area contributed by atoms with Gasteiger partial charge in [-0.05, 0) is 68.5 Å². The molecule has 5 heteroatoms. The molecule has 0 aliphatic heterocycles. The van der Waals surface area contributed by atoms with Gasteiger partial charge in [0.2, 0.25) is 0 Å².